The van der Waals surface area contributed by atoms with Gasteiger partial charge in [-0.25, -0.2) is 13.1 Å². The topological polar surface area (TPSA) is 46.2 Å². The van der Waals surface area contributed by atoms with E-state index in [2.05, 4.69) is 18.6 Å². The number of hydrogen-bond acceptors (Lipinski definition) is 2. The number of sulfonamides is 1. The molecule has 14 heavy (non-hydrogen) atoms. The van der Waals surface area contributed by atoms with Gasteiger partial charge in [0.2, 0.25) is 10.0 Å². The summed E-state index contributed by atoms with van der Waals surface area (Å²) in [7, 11) is -2.99. The molecule has 1 saturated heterocycles. The van der Waals surface area contributed by atoms with Crippen LogP contribution in [0.25, 0.3) is 0 Å². The van der Waals surface area contributed by atoms with Gasteiger partial charge < -0.3 is 0 Å². The van der Waals surface area contributed by atoms with Crippen molar-refractivity contribution in [1.29, 1.82) is 0 Å². The molecule has 4 heteroatoms. The lowest BCUT2D eigenvalue weighted by Crippen LogP contribution is -2.38. The number of fused-ring (bicyclic) bond motifs is 1. The molecule has 1 aliphatic heterocycles. The molecular formula is C10H17NO2S. The zero-order valence-electron chi connectivity index (χ0n) is 8.71. The molecule has 3 atom stereocenters. The SMILES string of the molecule is CC1(C)C2CCC13CNS(=O)(=O)[C@H]3C2. The summed E-state index contributed by atoms with van der Waals surface area (Å²) < 4.78 is 26.4. The van der Waals surface area contributed by atoms with E-state index in [1.807, 2.05) is 0 Å². The molecule has 0 radical (unpaired) electrons. The van der Waals surface area contributed by atoms with Crippen LogP contribution in [-0.2, 0) is 10.0 Å². The van der Waals surface area contributed by atoms with Crippen LogP contribution >= 0.6 is 0 Å². The molecule has 80 valence electrons. The lowest BCUT2D eigenvalue weighted by Gasteiger charge is -2.36. The first-order valence-electron chi connectivity index (χ1n) is 5.39. The average Bonchev–Trinajstić information content (AvgIpc) is 2.60. The quantitative estimate of drug-likeness (QED) is 0.658. The summed E-state index contributed by atoms with van der Waals surface area (Å²) in [6, 6.07) is 0. The maximum Gasteiger partial charge on any atom is 0.215 e. The van der Waals surface area contributed by atoms with Crippen molar-refractivity contribution in [3.05, 3.63) is 0 Å². The summed E-state index contributed by atoms with van der Waals surface area (Å²) in [5.74, 6) is 0.629. The molecule has 0 aromatic carbocycles. The third-order valence-electron chi connectivity index (χ3n) is 5.32. The summed E-state index contributed by atoms with van der Waals surface area (Å²) in [6.07, 6.45) is 3.21. The van der Waals surface area contributed by atoms with Gasteiger partial charge in [-0.1, -0.05) is 13.8 Å². The summed E-state index contributed by atoms with van der Waals surface area (Å²) in [6.45, 7) is 5.20. The molecule has 1 heterocycles. The molecule has 1 N–H and O–H groups in total. The fraction of sp³-hybridized carbons (Fsp3) is 1.00. The van der Waals surface area contributed by atoms with Crippen molar-refractivity contribution < 1.29 is 8.42 Å². The predicted octanol–water partition coefficient (Wildman–Crippen LogP) is 1.11. The Labute approximate surface area is 85.3 Å². The van der Waals surface area contributed by atoms with Gasteiger partial charge in [0.15, 0.2) is 0 Å². The van der Waals surface area contributed by atoms with Crippen LogP contribution in [0.3, 0.4) is 0 Å². The van der Waals surface area contributed by atoms with Crippen molar-refractivity contribution in [2.45, 2.75) is 38.4 Å². The van der Waals surface area contributed by atoms with Gasteiger partial charge >= 0.3 is 0 Å². The Kier molecular flexibility index (Phi) is 1.43. The van der Waals surface area contributed by atoms with Gasteiger partial charge in [-0.15, -0.1) is 0 Å². The normalized spacial score (nSPS) is 52.1. The van der Waals surface area contributed by atoms with Gasteiger partial charge in [0.05, 0.1) is 5.25 Å². The first-order chi connectivity index (χ1) is 6.40. The van der Waals surface area contributed by atoms with Gasteiger partial charge in [0.1, 0.15) is 0 Å². The summed E-state index contributed by atoms with van der Waals surface area (Å²) >= 11 is 0. The minimum absolute atomic E-state index is 0.0521. The Hall–Kier alpha value is -0.0900. The van der Waals surface area contributed by atoms with Gasteiger partial charge in [0.25, 0.3) is 0 Å². The van der Waals surface area contributed by atoms with E-state index in [9.17, 15) is 8.42 Å². The minimum Gasteiger partial charge on any atom is -0.214 e. The third-order valence-corrected chi connectivity index (χ3v) is 7.26. The molecule has 3 nitrogen and oxygen atoms in total. The van der Waals surface area contributed by atoms with Crippen molar-refractivity contribution in [1.82, 2.24) is 4.72 Å². The van der Waals surface area contributed by atoms with Gasteiger partial charge in [0, 0.05) is 12.0 Å². The number of nitrogens with one attached hydrogen (secondary N) is 1. The molecule has 0 aromatic rings. The monoisotopic (exact) mass is 215 g/mol. The Morgan fingerprint density at radius 2 is 2.07 bits per heavy atom. The van der Waals surface area contributed by atoms with Crippen LogP contribution in [0.2, 0.25) is 0 Å². The Morgan fingerprint density at radius 3 is 2.64 bits per heavy atom. The van der Waals surface area contributed by atoms with Crippen molar-refractivity contribution >= 4 is 10.0 Å². The second-order valence-corrected chi connectivity index (χ2v) is 7.65. The Bertz CT molecular complexity index is 387. The van der Waals surface area contributed by atoms with Crippen LogP contribution in [0, 0.1) is 16.7 Å². The van der Waals surface area contributed by atoms with Crippen molar-refractivity contribution in [3.8, 4) is 0 Å². The first-order valence-corrected chi connectivity index (χ1v) is 6.93. The molecule has 1 spiro atoms. The molecular weight excluding hydrogens is 198 g/mol. The minimum atomic E-state index is -2.99. The van der Waals surface area contributed by atoms with Gasteiger partial charge in [-0.3, -0.25) is 0 Å². The number of hydrogen-bond donors (Lipinski definition) is 1. The van der Waals surface area contributed by atoms with Crippen molar-refractivity contribution in [2.24, 2.45) is 16.7 Å². The van der Waals surface area contributed by atoms with Crippen LogP contribution in [0.15, 0.2) is 0 Å². The first kappa shape index (κ1) is 9.16. The van der Waals surface area contributed by atoms with E-state index in [1.54, 1.807) is 0 Å². The standard InChI is InChI=1S/C10H17NO2S/c1-9(2)7-3-4-10(9)6-11-14(12,13)8(10)5-7/h7-8,11H,3-6H2,1-2H3/t7?,8-,10?/m0/s1. The van der Waals surface area contributed by atoms with Crippen LogP contribution in [0.1, 0.15) is 33.1 Å². The molecule has 3 aliphatic rings. The highest BCUT2D eigenvalue weighted by atomic mass is 32.2. The molecule has 3 rings (SSSR count). The fourth-order valence-electron chi connectivity index (χ4n) is 4.18. The van der Waals surface area contributed by atoms with Crippen LogP contribution < -0.4 is 4.72 Å². The zero-order valence-corrected chi connectivity index (χ0v) is 9.52. The lowest BCUT2D eigenvalue weighted by atomic mass is 9.69. The Balaban J connectivity index is 2.17. The highest BCUT2D eigenvalue weighted by Crippen LogP contribution is 2.68. The van der Waals surface area contributed by atoms with Crippen LogP contribution in [0.5, 0.6) is 0 Å². The maximum atomic E-state index is 11.8. The molecule has 0 amide bonds. The summed E-state index contributed by atoms with van der Waals surface area (Å²) in [4.78, 5) is 0. The highest BCUT2D eigenvalue weighted by Gasteiger charge is 2.70. The van der Waals surface area contributed by atoms with E-state index >= 15 is 0 Å². The fourth-order valence-corrected chi connectivity index (χ4v) is 6.42. The molecule has 2 saturated carbocycles. The molecule has 3 fully saturated rings. The highest BCUT2D eigenvalue weighted by molar-refractivity contribution is 7.90. The van der Waals surface area contributed by atoms with Gasteiger partial charge in [-0.2, -0.15) is 0 Å². The predicted molar refractivity (Wildman–Crippen MR) is 54.3 cm³/mol. The van der Waals surface area contributed by atoms with Crippen molar-refractivity contribution in [3.63, 3.8) is 0 Å². The van der Waals surface area contributed by atoms with Gasteiger partial charge in [-0.05, 0) is 30.6 Å². The molecule has 2 unspecified atom stereocenters. The maximum absolute atomic E-state index is 11.8. The molecule has 0 aromatic heterocycles. The van der Waals surface area contributed by atoms with Crippen LogP contribution in [0.4, 0.5) is 0 Å². The van der Waals surface area contributed by atoms with E-state index in [0.717, 1.165) is 12.8 Å². The summed E-state index contributed by atoms with van der Waals surface area (Å²) in [5.41, 5.74) is 0.269. The summed E-state index contributed by atoms with van der Waals surface area (Å²) in [5, 5.41) is -0.0938. The lowest BCUT2D eigenvalue weighted by molar-refractivity contribution is 0.146. The van der Waals surface area contributed by atoms with Crippen LogP contribution in [-0.4, -0.2) is 20.2 Å². The zero-order chi connectivity index (χ0) is 10.2. The smallest absolute Gasteiger partial charge is 0.214 e. The average molecular weight is 215 g/mol. The molecule has 2 bridgehead atoms. The molecule has 2 aliphatic carbocycles. The van der Waals surface area contributed by atoms with E-state index < -0.39 is 10.0 Å². The van der Waals surface area contributed by atoms with E-state index in [-0.39, 0.29) is 16.1 Å². The Morgan fingerprint density at radius 1 is 1.36 bits per heavy atom. The van der Waals surface area contributed by atoms with Crippen molar-refractivity contribution in [2.75, 3.05) is 6.54 Å². The largest absolute Gasteiger partial charge is 0.215 e. The third kappa shape index (κ3) is 0.735. The van der Waals surface area contributed by atoms with E-state index in [0.29, 0.717) is 12.5 Å². The van der Waals surface area contributed by atoms with E-state index in [4.69, 9.17) is 0 Å². The van der Waals surface area contributed by atoms with E-state index in [1.165, 1.54) is 6.42 Å². The second-order valence-electron chi connectivity index (χ2n) is 5.70. The second kappa shape index (κ2) is 2.19. The number of rotatable bonds is 0.